The molecule has 3 aromatic heterocycles. The summed E-state index contributed by atoms with van der Waals surface area (Å²) in [6, 6.07) is 6.27. The molecule has 0 radical (unpaired) electrons. The molecule has 0 spiro atoms. The molecular formula is C20H21N5OS. The molecule has 6 nitrogen and oxygen atoms in total. The molecule has 27 heavy (non-hydrogen) atoms. The molecule has 0 unspecified atom stereocenters. The quantitative estimate of drug-likeness (QED) is 0.759. The van der Waals surface area contributed by atoms with Crippen LogP contribution in [0.3, 0.4) is 0 Å². The minimum Gasteiger partial charge on any atom is -0.305 e. The van der Waals surface area contributed by atoms with Gasteiger partial charge in [-0.2, -0.15) is 0 Å². The summed E-state index contributed by atoms with van der Waals surface area (Å²) in [5.41, 5.74) is 2.70. The molecule has 0 saturated heterocycles. The lowest BCUT2D eigenvalue weighted by Gasteiger charge is -2.27. The third-order valence-corrected chi connectivity index (χ3v) is 6.31. The molecule has 3 aromatic rings. The topological polar surface area (TPSA) is 74.2 Å². The van der Waals surface area contributed by atoms with Crippen LogP contribution in [0.1, 0.15) is 41.2 Å². The number of aliphatic imine (C=N–C) groups is 1. The maximum atomic E-state index is 12.7. The summed E-state index contributed by atoms with van der Waals surface area (Å²) in [5.74, 6) is 0.683. The van der Waals surface area contributed by atoms with E-state index in [1.807, 2.05) is 12.3 Å². The van der Waals surface area contributed by atoms with Crippen LogP contribution >= 0.6 is 11.3 Å². The van der Waals surface area contributed by atoms with Crippen LogP contribution in [-0.4, -0.2) is 38.7 Å². The van der Waals surface area contributed by atoms with Gasteiger partial charge in [0.15, 0.2) is 5.82 Å². The predicted molar refractivity (Wildman–Crippen MR) is 108 cm³/mol. The fourth-order valence-electron chi connectivity index (χ4n) is 3.87. The first-order valence-corrected chi connectivity index (χ1v) is 10.3. The van der Waals surface area contributed by atoms with Gasteiger partial charge in [0.2, 0.25) is 0 Å². The van der Waals surface area contributed by atoms with E-state index in [-0.39, 0.29) is 5.56 Å². The van der Waals surface area contributed by atoms with E-state index < -0.39 is 0 Å². The standard InChI is InChI=1S/C20H21N5OS/c26-19-15-12-25(11-14-10-13-4-3-8-22-20(13)27-14)9-6-16(15)23-18(24-19)17-5-1-2-7-21-17/h3-4,8,10H,1-2,5-7,9,11-12H2,(H,23,24,26). The van der Waals surface area contributed by atoms with Gasteiger partial charge in [-0.25, -0.2) is 9.97 Å². The number of fused-ring (bicyclic) bond motifs is 2. The second-order valence-electron chi connectivity index (χ2n) is 7.20. The van der Waals surface area contributed by atoms with Crippen LogP contribution in [0.5, 0.6) is 0 Å². The second kappa shape index (κ2) is 6.98. The van der Waals surface area contributed by atoms with E-state index in [9.17, 15) is 4.79 Å². The molecule has 7 heteroatoms. The highest BCUT2D eigenvalue weighted by Gasteiger charge is 2.23. The van der Waals surface area contributed by atoms with Crippen LogP contribution in [0, 0.1) is 0 Å². The smallest absolute Gasteiger partial charge is 0.255 e. The Kier molecular flexibility index (Phi) is 4.33. The summed E-state index contributed by atoms with van der Waals surface area (Å²) in [5, 5.41) is 1.19. The molecule has 1 N–H and O–H groups in total. The van der Waals surface area contributed by atoms with Gasteiger partial charge in [-0.3, -0.25) is 14.7 Å². The Labute approximate surface area is 161 Å². The molecule has 138 valence electrons. The van der Waals surface area contributed by atoms with Gasteiger partial charge in [0.25, 0.3) is 5.56 Å². The van der Waals surface area contributed by atoms with Gasteiger partial charge in [-0.05, 0) is 31.4 Å². The Morgan fingerprint density at radius 1 is 1.26 bits per heavy atom. The summed E-state index contributed by atoms with van der Waals surface area (Å²) >= 11 is 1.73. The number of pyridine rings is 1. The molecule has 0 aromatic carbocycles. The Morgan fingerprint density at radius 3 is 3.07 bits per heavy atom. The van der Waals surface area contributed by atoms with Gasteiger partial charge in [0.05, 0.1) is 17.0 Å². The number of hydrogen-bond donors (Lipinski definition) is 1. The van der Waals surface area contributed by atoms with Crippen molar-refractivity contribution in [2.75, 3.05) is 13.1 Å². The molecule has 2 aliphatic rings. The van der Waals surface area contributed by atoms with Crippen LogP contribution in [0.25, 0.3) is 10.2 Å². The van der Waals surface area contributed by atoms with Crippen LogP contribution in [0.4, 0.5) is 0 Å². The van der Waals surface area contributed by atoms with Gasteiger partial charge in [0.1, 0.15) is 4.83 Å². The van der Waals surface area contributed by atoms with Gasteiger partial charge in [0, 0.05) is 49.1 Å². The number of thiophene rings is 1. The van der Waals surface area contributed by atoms with Crippen molar-refractivity contribution in [3.8, 4) is 0 Å². The Hall–Kier alpha value is -2.38. The van der Waals surface area contributed by atoms with Gasteiger partial charge in [-0.15, -0.1) is 11.3 Å². The van der Waals surface area contributed by atoms with Crippen molar-refractivity contribution in [2.45, 2.75) is 38.8 Å². The SMILES string of the molecule is O=c1[nH]c(C2=NCCCC2)nc2c1CN(Cc1cc3cccnc3s1)CC2. The molecule has 0 bridgehead atoms. The minimum atomic E-state index is -0.00835. The largest absolute Gasteiger partial charge is 0.305 e. The number of rotatable bonds is 3. The van der Waals surface area contributed by atoms with Crippen molar-refractivity contribution >= 4 is 27.3 Å². The number of H-pyrrole nitrogens is 1. The van der Waals surface area contributed by atoms with Crippen molar-refractivity contribution in [3.63, 3.8) is 0 Å². The zero-order valence-corrected chi connectivity index (χ0v) is 15.9. The number of aromatic nitrogens is 3. The van der Waals surface area contributed by atoms with Crippen molar-refractivity contribution in [1.82, 2.24) is 19.9 Å². The molecule has 0 fully saturated rings. The van der Waals surface area contributed by atoms with E-state index in [4.69, 9.17) is 4.98 Å². The Balaban J connectivity index is 1.37. The zero-order valence-electron chi connectivity index (χ0n) is 15.1. The fraction of sp³-hybridized carbons (Fsp3) is 0.400. The van der Waals surface area contributed by atoms with Crippen LogP contribution in [0.2, 0.25) is 0 Å². The number of hydrogen-bond acceptors (Lipinski definition) is 6. The lowest BCUT2D eigenvalue weighted by molar-refractivity contribution is 0.244. The first-order chi connectivity index (χ1) is 13.3. The third kappa shape index (κ3) is 3.33. The van der Waals surface area contributed by atoms with Gasteiger partial charge >= 0.3 is 0 Å². The van der Waals surface area contributed by atoms with E-state index in [2.05, 4.69) is 32.0 Å². The number of nitrogens with zero attached hydrogens (tertiary/aromatic N) is 4. The minimum absolute atomic E-state index is 0.00835. The third-order valence-electron chi connectivity index (χ3n) is 5.27. The summed E-state index contributed by atoms with van der Waals surface area (Å²) in [4.78, 5) is 34.1. The Bertz CT molecular complexity index is 1050. The highest BCUT2D eigenvalue weighted by atomic mass is 32.1. The lowest BCUT2D eigenvalue weighted by atomic mass is 10.1. The maximum Gasteiger partial charge on any atom is 0.255 e. The number of nitrogens with one attached hydrogen (secondary N) is 1. The highest BCUT2D eigenvalue weighted by molar-refractivity contribution is 7.18. The van der Waals surface area contributed by atoms with Crippen LogP contribution in [0.15, 0.2) is 34.2 Å². The fourth-order valence-corrected chi connectivity index (χ4v) is 4.91. The molecule has 5 heterocycles. The van der Waals surface area contributed by atoms with Crippen molar-refractivity contribution in [3.05, 3.63) is 56.7 Å². The molecule has 0 atom stereocenters. The summed E-state index contributed by atoms with van der Waals surface area (Å²) < 4.78 is 0. The van der Waals surface area contributed by atoms with Gasteiger partial charge in [-0.1, -0.05) is 6.07 Å². The molecule has 5 rings (SSSR count). The molecular weight excluding hydrogens is 358 g/mol. The molecule has 0 saturated carbocycles. The average molecular weight is 379 g/mol. The van der Waals surface area contributed by atoms with Crippen LogP contribution in [-0.2, 0) is 19.5 Å². The lowest BCUT2D eigenvalue weighted by Crippen LogP contribution is -2.36. The molecule has 0 amide bonds. The van der Waals surface area contributed by atoms with E-state index in [1.165, 1.54) is 10.3 Å². The van der Waals surface area contributed by atoms with E-state index in [0.717, 1.165) is 67.1 Å². The normalized spacial score (nSPS) is 17.7. The monoisotopic (exact) mass is 379 g/mol. The van der Waals surface area contributed by atoms with E-state index >= 15 is 0 Å². The van der Waals surface area contributed by atoms with Gasteiger partial charge < -0.3 is 4.98 Å². The first-order valence-electron chi connectivity index (χ1n) is 9.48. The van der Waals surface area contributed by atoms with Crippen LogP contribution < -0.4 is 5.56 Å². The average Bonchev–Trinajstić information content (AvgIpc) is 3.11. The van der Waals surface area contributed by atoms with Crippen molar-refractivity contribution in [1.29, 1.82) is 0 Å². The maximum absolute atomic E-state index is 12.7. The van der Waals surface area contributed by atoms with Crippen molar-refractivity contribution < 1.29 is 0 Å². The Morgan fingerprint density at radius 2 is 2.22 bits per heavy atom. The first kappa shape index (κ1) is 16.8. The highest BCUT2D eigenvalue weighted by Crippen LogP contribution is 2.26. The zero-order chi connectivity index (χ0) is 18.2. The van der Waals surface area contributed by atoms with Crippen molar-refractivity contribution in [2.24, 2.45) is 4.99 Å². The molecule has 0 aliphatic carbocycles. The summed E-state index contributed by atoms with van der Waals surface area (Å²) in [7, 11) is 0. The molecule has 2 aliphatic heterocycles. The summed E-state index contributed by atoms with van der Waals surface area (Å²) in [6.07, 6.45) is 5.80. The van der Waals surface area contributed by atoms with E-state index in [1.54, 1.807) is 11.3 Å². The second-order valence-corrected chi connectivity index (χ2v) is 8.31. The predicted octanol–water partition coefficient (Wildman–Crippen LogP) is 2.91. The summed E-state index contributed by atoms with van der Waals surface area (Å²) in [6.45, 7) is 3.24. The number of aromatic amines is 1. The van der Waals surface area contributed by atoms with E-state index in [0.29, 0.717) is 12.4 Å².